The van der Waals surface area contributed by atoms with Crippen LogP contribution in [0.2, 0.25) is 0 Å². The Morgan fingerprint density at radius 3 is 2.05 bits per heavy atom. The van der Waals surface area contributed by atoms with Gasteiger partial charge in [0.2, 0.25) is 0 Å². The first kappa shape index (κ1) is 12.0. The van der Waals surface area contributed by atoms with Crippen molar-refractivity contribution in [2.75, 3.05) is 0 Å². The van der Waals surface area contributed by atoms with E-state index in [0.29, 0.717) is 5.92 Å². The average Bonchev–Trinajstić information content (AvgIpc) is 2.47. The topological polar surface area (TPSA) is 0 Å². The van der Waals surface area contributed by atoms with E-state index >= 15 is 0 Å². The van der Waals surface area contributed by atoms with Gasteiger partial charge in [-0.3, -0.25) is 0 Å². The molecule has 3 aromatic rings. The molecule has 0 aromatic heterocycles. The van der Waals surface area contributed by atoms with Crippen LogP contribution in [-0.2, 0) is 0 Å². The molecule has 1 atom stereocenters. The SMILES string of the molecule is Cc1ccc([C@H](C)c2ccc3ccccc3c2)cc1. The van der Waals surface area contributed by atoms with Gasteiger partial charge in [-0.05, 0) is 28.8 Å². The first-order chi connectivity index (χ1) is 9.24. The van der Waals surface area contributed by atoms with Crippen molar-refractivity contribution < 1.29 is 0 Å². The molecule has 0 radical (unpaired) electrons. The van der Waals surface area contributed by atoms with Crippen LogP contribution in [0.5, 0.6) is 0 Å². The van der Waals surface area contributed by atoms with E-state index in [1.165, 1.54) is 27.5 Å². The number of fused-ring (bicyclic) bond motifs is 1. The smallest absolute Gasteiger partial charge is 0.00612 e. The molecule has 0 spiro atoms. The minimum Gasteiger partial charge on any atom is -0.0616 e. The molecular weight excluding hydrogens is 228 g/mol. The van der Waals surface area contributed by atoms with E-state index in [-0.39, 0.29) is 0 Å². The van der Waals surface area contributed by atoms with Gasteiger partial charge in [0.05, 0.1) is 0 Å². The lowest BCUT2D eigenvalue weighted by Gasteiger charge is -2.13. The molecular formula is C19H18. The Morgan fingerprint density at radius 1 is 0.684 bits per heavy atom. The van der Waals surface area contributed by atoms with E-state index in [1.807, 2.05) is 0 Å². The van der Waals surface area contributed by atoms with E-state index in [4.69, 9.17) is 0 Å². The van der Waals surface area contributed by atoms with Crippen molar-refractivity contribution >= 4 is 10.8 Å². The zero-order valence-corrected chi connectivity index (χ0v) is 11.4. The van der Waals surface area contributed by atoms with Crippen molar-refractivity contribution in [2.24, 2.45) is 0 Å². The van der Waals surface area contributed by atoms with Gasteiger partial charge in [0, 0.05) is 5.92 Å². The summed E-state index contributed by atoms with van der Waals surface area (Å²) >= 11 is 0. The Hall–Kier alpha value is -2.08. The lowest BCUT2D eigenvalue weighted by atomic mass is 9.91. The van der Waals surface area contributed by atoms with Crippen LogP contribution in [0, 0.1) is 6.92 Å². The lowest BCUT2D eigenvalue weighted by molar-refractivity contribution is 0.924. The first-order valence-corrected chi connectivity index (χ1v) is 6.79. The predicted octanol–water partition coefficient (Wildman–Crippen LogP) is 5.30. The molecule has 0 heteroatoms. The normalized spacial score (nSPS) is 12.5. The Morgan fingerprint density at radius 2 is 1.32 bits per heavy atom. The molecule has 0 bridgehead atoms. The molecule has 0 amide bonds. The minimum absolute atomic E-state index is 0.435. The summed E-state index contributed by atoms with van der Waals surface area (Å²) in [4.78, 5) is 0. The molecule has 19 heavy (non-hydrogen) atoms. The van der Waals surface area contributed by atoms with Gasteiger partial charge in [0.15, 0.2) is 0 Å². The van der Waals surface area contributed by atoms with Gasteiger partial charge in [-0.2, -0.15) is 0 Å². The quantitative estimate of drug-likeness (QED) is 0.575. The summed E-state index contributed by atoms with van der Waals surface area (Å²) in [7, 11) is 0. The largest absolute Gasteiger partial charge is 0.0616 e. The highest BCUT2D eigenvalue weighted by Crippen LogP contribution is 2.27. The summed E-state index contributed by atoms with van der Waals surface area (Å²) < 4.78 is 0. The summed E-state index contributed by atoms with van der Waals surface area (Å²) in [5.41, 5.74) is 4.07. The lowest BCUT2D eigenvalue weighted by Crippen LogP contribution is -1.95. The highest BCUT2D eigenvalue weighted by Gasteiger charge is 2.08. The number of hydrogen-bond donors (Lipinski definition) is 0. The van der Waals surface area contributed by atoms with E-state index < -0.39 is 0 Å². The monoisotopic (exact) mass is 246 g/mol. The Bertz CT molecular complexity index is 693. The number of rotatable bonds is 2. The fourth-order valence-corrected chi connectivity index (χ4v) is 2.52. The number of benzene rings is 3. The van der Waals surface area contributed by atoms with Crippen LogP contribution in [0.1, 0.15) is 29.5 Å². The Kier molecular flexibility index (Phi) is 3.08. The van der Waals surface area contributed by atoms with Crippen LogP contribution in [0.25, 0.3) is 10.8 Å². The molecule has 0 aliphatic rings. The molecule has 0 nitrogen and oxygen atoms in total. The minimum atomic E-state index is 0.435. The van der Waals surface area contributed by atoms with Gasteiger partial charge in [-0.25, -0.2) is 0 Å². The van der Waals surface area contributed by atoms with E-state index in [2.05, 4.69) is 80.6 Å². The molecule has 0 fully saturated rings. The first-order valence-electron chi connectivity index (χ1n) is 6.79. The summed E-state index contributed by atoms with van der Waals surface area (Å²) in [5, 5.41) is 2.63. The van der Waals surface area contributed by atoms with Crippen LogP contribution in [0.15, 0.2) is 66.7 Å². The molecule has 0 unspecified atom stereocenters. The zero-order valence-electron chi connectivity index (χ0n) is 11.4. The molecule has 3 aromatic carbocycles. The molecule has 94 valence electrons. The summed E-state index contributed by atoms with van der Waals surface area (Å²) in [5.74, 6) is 0.435. The molecule has 0 heterocycles. The molecule has 0 saturated carbocycles. The maximum Gasteiger partial charge on any atom is 0.00612 e. The second-order valence-electron chi connectivity index (χ2n) is 5.24. The molecule has 3 rings (SSSR count). The van der Waals surface area contributed by atoms with E-state index in [9.17, 15) is 0 Å². The third-order valence-electron chi connectivity index (χ3n) is 3.85. The van der Waals surface area contributed by atoms with Gasteiger partial charge < -0.3 is 0 Å². The van der Waals surface area contributed by atoms with Crippen molar-refractivity contribution in [3.05, 3.63) is 83.4 Å². The summed E-state index contributed by atoms with van der Waals surface area (Å²) in [6.45, 7) is 4.40. The molecule has 0 aliphatic heterocycles. The Labute approximate surface area is 114 Å². The third kappa shape index (κ3) is 2.39. The maximum absolute atomic E-state index is 2.31. The Balaban J connectivity index is 2.01. The fraction of sp³-hybridized carbons (Fsp3) is 0.158. The van der Waals surface area contributed by atoms with Gasteiger partial charge >= 0.3 is 0 Å². The number of aryl methyl sites for hydroxylation is 1. The second-order valence-corrected chi connectivity index (χ2v) is 5.24. The highest BCUT2D eigenvalue weighted by atomic mass is 14.1. The molecule has 0 saturated heterocycles. The zero-order chi connectivity index (χ0) is 13.2. The summed E-state index contributed by atoms with van der Waals surface area (Å²) in [6, 6.07) is 24.1. The van der Waals surface area contributed by atoms with Gasteiger partial charge in [-0.15, -0.1) is 0 Å². The summed E-state index contributed by atoms with van der Waals surface area (Å²) in [6.07, 6.45) is 0. The third-order valence-corrected chi connectivity index (χ3v) is 3.85. The van der Waals surface area contributed by atoms with Crippen molar-refractivity contribution in [2.45, 2.75) is 19.8 Å². The van der Waals surface area contributed by atoms with E-state index in [0.717, 1.165) is 0 Å². The van der Waals surface area contributed by atoms with Gasteiger partial charge in [0.1, 0.15) is 0 Å². The van der Waals surface area contributed by atoms with Crippen LogP contribution in [0.4, 0.5) is 0 Å². The fourth-order valence-electron chi connectivity index (χ4n) is 2.52. The molecule has 0 aliphatic carbocycles. The van der Waals surface area contributed by atoms with Crippen LogP contribution in [0.3, 0.4) is 0 Å². The van der Waals surface area contributed by atoms with Gasteiger partial charge in [0.25, 0.3) is 0 Å². The maximum atomic E-state index is 2.31. The second kappa shape index (κ2) is 4.89. The van der Waals surface area contributed by atoms with Crippen molar-refractivity contribution in [1.82, 2.24) is 0 Å². The highest BCUT2D eigenvalue weighted by molar-refractivity contribution is 5.83. The van der Waals surface area contributed by atoms with Crippen LogP contribution < -0.4 is 0 Å². The van der Waals surface area contributed by atoms with E-state index in [1.54, 1.807) is 0 Å². The van der Waals surface area contributed by atoms with Crippen molar-refractivity contribution in [1.29, 1.82) is 0 Å². The van der Waals surface area contributed by atoms with Gasteiger partial charge in [-0.1, -0.05) is 79.2 Å². The van der Waals surface area contributed by atoms with Crippen molar-refractivity contribution in [3.8, 4) is 0 Å². The van der Waals surface area contributed by atoms with Crippen LogP contribution in [-0.4, -0.2) is 0 Å². The van der Waals surface area contributed by atoms with Crippen molar-refractivity contribution in [3.63, 3.8) is 0 Å². The standard InChI is InChI=1S/C19H18/c1-14-7-9-16(10-8-14)15(2)18-12-11-17-5-3-4-6-19(17)13-18/h3-13,15H,1-2H3/t15-/m0/s1. The average molecular weight is 246 g/mol. The molecule has 0 N–H and O–H groups in total. The van der Waals surface area contributed by atoms with Crippen LogP contribution >= 0.6 is 0 Å². The predicted molar refractivity (Wildman–Crippen MR) is 82.6 cm³/mol. The number of hydrogen-bond acceptors (Lipinski definition) is 0.